The lowest BCUT2D eigenvalue weighted by molar-refractivity contribution is -0.142. The molecule has 1 aromatic heterocycles. The largest absolute Gasteiger partial charge is 0.466 e. The van der Waals surface area contributed by atoms with Crippen LogP contribution in [-0.4, -0.2) is 35.0 Å². The van der Waals surface area contributed by atoms with Crippen molar-refractivity contribution in [2.24, 2.45) is 0 Å². The molecule has 0 amide bonds. The monoisotopic (exact) mass is 268 g/mol. The molecule has 0 radical (unpaired) electrons. The lowest BCUT2D eigenvalue weighted by atomic mass is 10.1. The zero-order valence-electron chi connectivity index (χ0n) is 11.2. The van der Waals surface area contributed by atoms with Crippen molar-refractivity contribution in [3.05, 3.63) is 15.6 Å². The van der Waals surface area contributed by atoms with Gasteiger partial charge in [-0.05, 0) is 20.8 Å². The van der Waals surface area contributed by atoms with Crippen LogP contribution >= 0.6 is 11.3 Å². The van der Waals surface area contributed by atoms with Gasteiger partial charge >= 0.3 is 5.97 Å². The molecule has 0 bridgehead atoms. The molecule has 4 nitrogen and oxygen atoms in total. The van der Waals surface area contributed by atoms with Crippen molar-refractivity contribution in [2.75, 3.05) is 13.2 Å². The molecule has 0 saturated carbocycles. The molecule has 100 valence electrons. The van der Waals surface area contributed by atoms with Crippen LogP contribution in [0.4, 0.5) is 0 Å². The molecule has 0 aromatic carbocycles. The van der Waals surface area contributed by atoms with Crippen LogP contribution in [0.3, 0.4) is 0 Å². The molecule has 2 heterocycles. The first-order valence-electron chi connectivity index (χ1n) is 6.47. The van der Waals surface area contributed by atoms with Crippen molar-refractivity contribution >= 4 is 17.3 Å². The standard InChI is InChI=1S/C13H20N2O2S/c1-4-17-13(16)7-12-14-10-5-6-15(9(2)3)8-11(10)18-12/h9H,4-8H2,1-3H3. The summed E-state index contributed by atoms with van der Waals surface area (Å²) in [4.78, 5) is 19.7. The van der Waals surface area contributed by atoms with Gasteiger partial charge in [-0.3, -0.25) is 9.69 Å². The number of ether oxygens (including phenoxy) is 1. The van der Waals surface area contributed by atoms with E-state index in [2.05, 4.69) is 23.7 Å². The van der Waals surface area contributed by atoms with Gasteiger partial charge in [-0.1, -0.05) is 0 Å². The molecular formula is C13H20N2O2S. The van der Waals surface area contributed by atoms with E-state index in [-0.39, 0.29) is 5.97 Å². The second-order valence-electron chi connectivity index (χ2n) is 4.77. The summed E-state index contributed by atoms with van der Waals surface area (Å²) in [5.74, 6) is -0.177. The Morgan fingerprint density at radius 1 is 1.56 bits per heavy atom. The topological polar surface area (TPSA) is 42.4 Å². The van der Waals surface area contributed by atoms with Crippen LogP contribution in [0, 0.1) is 0 Å². The number of fused-ring (bicyclic) bond motifs is 1. The summed E-state index contributed by atoms with van der Waals surface area (Å²) < 4.78 is 4.95. The molecule has 0 fully saturated rings. The first-order valence-corrected chi connectivity index (χ1v) is 7.29. The minimum atomic E-state index is -0.177. The van der Waals surface area contributed by atoms with Crippen molar-refractivity contribution in [3.8, 4) is 0 Å². The Bertz CT molecular complexity index is 429. The fourth-order valence-corrected chi connectivity index (χ4v) is 3.25. The molecule has 18 heavy (non-hydrogen) atoms. The summed E-state index contributed by atoms with van der Waals surface area (Å²) in [6, 6.07) is 0.564. The molecule has 0 atom stereocenters. The molecule has 0 spiro atoms. The number of rotatable bonds is 4. The predicted octanol–water partition coefficient (Wildman–Crippen LogP) is 2.02. The number of esters is 1. The van der Waals surface area contributed by atoms with Gasteiger partial charge < -0.3 is 4.74 Å². The van der Waals surface area contributed by atoms with Crippen LogP contribution in [0.25, 0.3) is 0 Å². The molecule has 0 unspecified atom stereocenters. The van der Waals surface area contributed by atoms with E-state index >= 15 is 0 Å². The van der Waals surface area contributed by atoms with E-state index in [4.69, 9.17) is 4.74 Å². The average Bonchev–Trinajstić information content (AvgIpc) is 2.69. The van der Waals surface area contributed by atoms with Gasteiger partial charge in [0.05, 0.1) is 18.7 Å². The summed E-state index contributed by atoms with van der Waals surface area (Å²) in [6.07, 6.45) is 1.31. The number of carbonyl (C=O) groups excluding carboxylic acids is 1. The molecule has 0 saturated heterocycles. The van der Waals surface area contributed by atoms with Gasteiger partial charge in [0.25, 0.3) is 0 Å². The Morgan fingerprint density at radius 2 is 2.33 bits per heavy atom. The van der Waals surface area contributed by atoms with E-state index in [1.165, 1.54) is 10.6 Å². The first kappa shape index (κ1) is 13.5. The normalized spacial score (nSPS) is 15.8. The molecule has 2 rings (SSSR count). The van der Waals surface area contributed by atoms with E-state index in [1.807, 2.05) is 6.92 Å². The second-order valence-corrected chi connectivity index (χ2v) is 5.94. The number of carbonyl (C=O) groups is 1. The zero-order valence-corrected chi connectivity index (χ0v) is 12.0. The molecule has 0 N–H and O–H groups in total. The highest BCUT2D eigenvalue weighted by molar-refractivity contribution is 7.11. The van der Waals surface area contributed by atoms with Crippen LogP contribution in [-0.2, 0) is 28.9 Å². The third kappa shape index (κ3) is 3.09. The van der Waals surface area contributed by atoms with Crippen LogP contribution < -0.4 is 0 Å². The number of nitrogens with zero attached hydrogens (tertiary/aromatic N) is 2. The van der Waals surface area contributed by atoms with Crippen LogP contribution in [0.15, 0.2) is 0 Å². The minimum absolute atomic E-state index is 0.177. The Hall–Kier alpha value is -0.940. The molecule has 1 aromatic rings. The smallest absolute Gasteiger partial charge is 0.312 e. The predicted molar refractivity (Wildman–Crippen MR) is 71.7 cm³/mol. The maximum atomic E-state index is 11.4. The van der Waals surface area contributed by atoms with E-state index in [0.29, 0.717) is 19.1 Å². The quantitative estimate of drug-likeness (QED) is 0.784. The van der Waals surface area contributed by atoms with Gasteiger partial charge in [0.2, 0.25) is 0 Å². The lowest BCUT2D eigenvalue weighted by Crippen LogP contribution is -2.35. The maximum absolute atomic E-state index is 11.4. The van der Waals surface area contributed by atoms with E-state index in [0.717, 1.165) is 24.5 Å². The SMILES string of the molecule is CCOC(=O)Cc1nc2c(s1)CN(C(C)C)CC2. The second kappa shape index (κ2) is 5.80. The Balaban J connectivity index is 2.03. The Labute approximate surface area is 112 Å². The summed E-state index contributed by atoms with van der Waals surface area (Å²) in [5.41, 5.74) is 1.18. The fraction of sp³-hybridized carbons (Fsp3) is 0.692. The molecule has 5 heteroatoms. The molecule has 1 aliphatic heterocycles. The number of hydrogen-bond acceptors (Lipinski definition) is 5. The lowest BCUT2D eigenvalue weighted by Gasteiger charge is -2.29. The van der Waals surface area contributed by atoms with Gasteiger partial charge in [-0.15, -0.1) is 11.3 Å². The van der Waals surface area contributed by atoms with Crippen molar-refractivity contribution in [3.63, 3.8) is 0 Å². The number of hydrogen-bond donors (Lipinski definition) is 0. The Kier molecular flexibility index (Phi) is 4.35. The van der Waals surface area contributed by atoms with Crippen molar-refractivity contribution < 1.29 is 9.53 Å². The minimum Gasteiger partial charge on any atom is -0.466 e. The third-order valence-corrected chi connectivity index (χ3v) is 4.22. The molecule has 1 aliphatic rings. The van der Waals surface area contributed by atoms with Gasteiger partial charge in [-0.25, -0.2) is 4.98 Å². The van der Waals surface area contributed by atoms with Crippen molar-refractivity contribution in [2.45, 2.75) is 46.2 Å². The highest BCUT2D eigenvalue weighted by atomic mass is 32.1. The van der Waals surface area contributed by atoms with Crippen molar-refractivity contribution in [1.29, 1.82) is 0 Å². The first-order chi connectivity index (χ1) is 8.60. The van der Waals surface area contributed by atoms with E-state index in [9.17, 15) is 4.79 Å². The van der Waals surface area contributed by atoms with Gasteiger partial charge in [0.15, 0.2) is 0 Å². The molecular weight excluding hydrogens is 248 g/mol. The van der Waals surface area contributed by atoms with Crippen LogP contribution in [0.1, 0.15) is 36.3 Å². The zero-order chi connectivity index (χ0) is 13.1. The van der Waals surface area contributed by atoms with Crippen molar-refractivity contribution in [1.82, 2.24) is 9.88 Å². The van der Waals surface area contributed by atoms with Crippen LogP contribution in [0.5, 0.6) is 0 Å². The summed E-state index contributed by atoms with van der Waals surface area (Å²) in [6.45, 7) is 8.72. The molecule has 0 aliphatic carbocycles. The summed E-state index contributed by atoms with van der Waals surface area (Å²) in [7, 11) is 0. The average molecular weight is 268 g/mol. The summed E-state index contributed by atoms with van der Waals surface area (Å²) in [5, 5.41) is 0.893. The van der Waals surface area contributed by atoms with Gasteiger partial charge in [0, 0.05) is 30.4 Å². The van der Waals surface area contributed by atoms with Gasteiger partial charge in [-0.2, -0.15) is 0 Å². The Morgan fingerprint density at radius 3 is 3.00 bits per heavy atom. The fourth-order valence-electron chi connectivity index (χ4n) is 2.12. The van der Waals surface area contributed by atoms with E-state index < -0.39 is 0 Å². The van der Waals surface area contributed by atoms with Gasteiger partial charge in [0.1, 0.15) is 5.01 Å². The number of aromatic nitrogens is 1. The summed E-state index contributed by atoms with van der Waals surface area (Å²) >= 11 is 1.66. The highest BCUT2D eigenvalue weighted by Gasteiger charge is 2.22. The highest BCUT2D eigenvalue weighted by Crippen LogP contribution is 2.26. The number of thiazole rings is 1. The van der Waals surface area contributed by atoms with E-state index in [1.54, 1.807) is 11.3 Å². The third-order valence-electron chi connectivity index (χ3n) is 3.14. The van der Waals surface area contributed by atoms with Crippen LogP contribution in [0.2, 0.25) is 0 Å². The maximum Gasteiger partial charge on any atom is 0.312 e.